The highest BCUT2D eigenvalue weighted by Gasteiger charge is 2.63. The van der Waals surface area contributed by atoms with Gasteiger partial charge in [-0.1, -0.05) is 110 Å². The van der Waals surface area contributed by atoms with Crippen molar-refractivity contribution in [1.82, 2.24) is 4.90 Å². The van der Waals surface area contributed by atoms with Crippen molar-refractivity contribution in [3.05, 3.63) is 54.6 Å². The minimum atomic E-state index is -3.92. The lowest BCUT2D eigenvalue weighted by Crippen LogP contribution is -2.55. The summed E-state index contributed by atoms with van der Waals surface area (Å²) in [7, 11) is -2.96. The van der Waals surface area contributed by atoms with Crippen molar-refractivity contribution in [2.75, 3.05) is 21.2 Å². The summed E-state index contributed by atoms with van der Waals surface area (Å²) in [6.45, 7) is 24.9. The smallest absolute Gasteiger partial charge is 0.305 e. The van der Waals surface area contributed by atoms with E-state index in [2.05, 4.69) is 91.7 Å². The van der Waals surface area contributed by atoms with Crippen LogP contribution in [0.4, 0.5) is 0 Å². The Morgan fingerprint density at radius 3 is 2.10 bits per heavy atom. The standard InChI is InChI=1S/C41H73NO6SSi2/c1-15-16-20-25-33(47-50(11,12)39(2,3)4)29-30-35-36(48-51(13,14)40(5,6)7)32-37(42(8)9)41(35,31-24-18-17-23-28-38(43)46-10)49(44,45)34-26-21-19-22-27-34/h18-19,21-22,24,26-27,29-30,33,35-37H,15-17,20,23,25,28,31-32H2,1-14H3/b24-18+,30-29+. The van der Waals surface area contributed by atoms with E-state index >= 15 is 8.42 Å². The first kappa shape index (κ1) is 45.6. The van der Waals surface area contributed by atoms with Gasteiger partial charge in [0.05, 0.1) is 24.2 Å². The van der Waals surface area contributed by atoms with Crippen LogP contribution in [0.1, 0.15) is 106 Å². The molecule has 0 radical (unpaired) electrons. The second-order valence-corrected chi connectivity index (χ2v) is 29.6. The number of carbonyl (C=O) groups is 1. The molecule has 10 heteroatoms. The normalized spacial score (nSPS) is 23.1. The van der Waals surface area contributed by atoms with E-state index < -0.39 is 37.1 Å². The highest BCUT2D eigenvalue weighted by atomic mass is 32.2. The maximum atomic E-state index is 15.4. The Bertz CT molecular complexity index is 1400. The first-order valence-corrected chi connectivity index (χ1v) is 26.5. The minimum Gasteiger partial charge on any atom is -0.469 e. The summed E-state index contributed by atoms with van der Waals surface area (Å²) in [5.74, 6) is -0.667. The van der Waals surface area contributed by atoms with Crippen molar-refractivity contribution < 1.29 is 26.8 Å². The number of benzene rings is 1. The largest absolute Gasteiger partial charge is 0.469 e. The van der Waals surface area contributed by atoms with Gasteiger partial charge in [0.25, 0.3) is 0 Å². The number of carbonyl (C=O) groups excluding carboxylic acids is 1. The van der Waals surface area contributed by atoms with Crippen molar-refractivity contribution in [3.8, 4) is 0 Å². The van der Waals surface area contributed by atoms with Crippen molar-refractivity contribution in [1.29, 1.82) is 0 Å². The molecule has 51 heavy (non-hydrogen) atoms. The predicted molar refractivity (Wildman–Crippen MR) is 219 cm³/mol. The first-order chi connectivity index (χ1) is 23.5. The van der Waals surface area contributed by atoms with Crippen LogP contribution in [-0.2, 0) is 28.2 Å². The van der Waals surface area contributed by atoms with Crippen LogP contribution in [0.25, 0.3) is 0 Å². The fourth-order valence-corrected chi connectivity index (χ4v) is 11.9. The molecule has 0 spiro atoms. The molecule has 0 saturated heterocycles. The number of allylic oxidation sites excluding steroid dienone is 2. The third kappa shape index (κ3) is 11.5. The van der Waals surface area contributed by atoms with Crippen LogP contribution in [-0.4, -0.2) is 80.1 Å². The van der Waals surface area contributed by atoms with E-state index in [0.29, 0.717) is 37.0 Å². The lowest BCUT2D eigenvalue weighted by molar-refractivity contribution is -0.140. The Balaban J connectivity index is 2.88. The average Bonchev–Trinajstić information content (AvgIpc) is 3.34. The minimum absolute atomic E-state index is 0.0419. The molecule has 0 aliphatic heterocycles. The molecule has 1 saturated carbocycles. The summed E-state index contributed by atoms with van der Waals surface area (Å²) in [5, 5.41) is -0.00756. The highest BCUT2D eigenvalue weighted by molar-refractivity contribution is 7.93. The van der Waals surface area contributed by atoms with E-state index in [-0.39, 0.29) is 34.3 Å². The van der Waals surface area contributed by atoms with Crippen molar-refractivity contribution in [3.63, 3.8) is 0 Å². The molecule has 0 heterocycles. The molecule has 2 rings (SSSR count). The van der Waals surface area contributed by atoms with Gasteiger partial charge in [0, 0.05) is 18.4 Å². The van der Waals surface area contributed by atoms with Crippen molar-refractivity contribution >= 4 is 32.4 Å². The monoisotopic (exact) mass is 763 g/mol. The number of sulfone groups is 1. The zero-order valence-corrected chi connectivity index (χ0v) is 37.5. The lowest BCUT2D eigenvalue weighted by Gasteiger charge is -2.43. The highest BCUT2D eigenvalue weighted by Crippen LogP contribution is 2.53. The van der Waals surface area contributed by atoms with E-state index in [0.717, 1.165) is 25.7 Å². The number of rotatable bonds is 19. The molecule has 7 nitrogen and oxygen atoms in total. The van der Waals surface area contributed by atoms with Gasteiger partial charge < -0.3 is 18.5 Å². The van der Waals surface area contributed by atoms with Crippen LogP contribution < -0.4 is 0 Å². The molecule has 1 aliphatic rings. The van der Waals surface area contributed by atoms with E-state index in [4.69, 9.17) is 13.6 Å². The molecular formula is C41H73NO6SSi2. The van der Waals surface area contributed by atoms with Gasteiger partial charge in [-0.2, -0.15) is 0 Å². The molecular weight excluding hydrogens is 691 g/mol. The van der Waals surface area contributed by atoms with Crippen LogP contribution in [0.15, 0.2) is 59.5 Å². The summed E-state index contributed by atoms with van der Waals surface area (Å²) in [5.41, 5.74) is 0. The molecule has 0 amide bonds. The van der Waals surface area contributed by atoms with Crippen LogP contribution >= 0.6 is 0 Å². The Morgan fingerprint density at radius 2 is 1.57 bits per heavy atom. The fourth-order valence-electron chi connectivity index (χ4n) is 6.71. The van der Waals surface area contributed by atoms with Crippen molar-refractivity contribution in [2.45, 2.75) is 170 Å². The predicted octanol–water partition coefficient (Wildman–Crippen LogP) is 10.4. The Morgan fingerprint density at radius 1 is 0.961 bits per heavy atom. The summed E-state index contributed by atoms with van der Waals surface area (Å²) >= 11 is 0. The van der Waals surface area contributed by atoms with Gasteiger partial charge in [0.2, 0.25) is 0 Å². The molecule has 1 aromatic carbocycles. The first-order valence-electron chi connectivity index (χ1n) is 19.2. The summed E-state index contributed by atoms with van der Waals surface area (Å²) < 4.78 is 48.8. The molecule has 5 atom stereocenters. The number of unbranched alkanes of at least 4 members (excludes halogenated alkanes) is 3. The second kappa shape index (κ2) is 18.7. The maximum absolute atomic E-state index is 15.4. The Labute approximate surface area is 315 Å². The number of esters is 1. The van der Waals surface area contributed by atoms with E-state index in [1.54, 1.807) is 12.1 Å². The molecule has 5 unspecified atom stereocenters. The van der Waals surface area contributed by atoms with Crippen LogP contribution in [0, 0.1) is 5.92 Å². The molecule has 1 aliphatic carbocycles. The molecule has 1 fully saturated rings. The quantitative estimate of drug-likeness (QED) is 0.0600. The SMILES string of the molecule is CCCCCC(/C=C/C1C(O[Si](C)(C)C(C)(C)C)CC(N(C)C)C1(C/C=C/CCCC(=O)OC)S(=O)(=O)c1ccccc1)O[Si](C)(C)C(C)(C)C. The topological polar surface area (TPSA) is 82.1 Å². The van der Waals surface area contributed by atoms with Gasteiger partial charge in [0.15, 0.2) is 26.5 Å². The lowest BCUT2D eigenvalue weighted by atomic mass is 9.86. The number of nitrogens with zero attached hydrogens (tertiary/aromatic N) is 1. The molecule has 0 bridgehead atoms. The van der Waals surface area contributed by atoms with E-state index in [1.165, 1.54) is 7.11 Å². The number of methoxy groups -OCH3 is 1. The zero-order valence-electron chi connectivity index (χ0n) is 34.7. The van der Waals surface area contributed by atoms with Gasteiger partial charge in [-0.05, 0) is 94.6 Å². The van der Waals surface area contributed by atoms with Gasteiger partial charge in [-0.3, -0.25) is 4.79 Å². The van der Waals surface area contributed by atoms with Gasteiger partial charge in [0.1, 0.15) is 4.75 Å². The number of hydrogen-bond acceptors (Lipinski definition) is 7. The summed E-state index contributed by atoms with van der Waals surface area (Å²) in [6.07, 6.45) is 14.8. The van der Waals surface area contributed by atoms with Crippen molar-refractivity contribution in [2.24, 2.45) is 5.92 Å². The van der Waals surface area contributed by atoms with Crippen LogP contribution in [0.5, 0.6) is 0 Å². The van der Waals surface area contributed by atoms with Gasteiger partial charge in [-0.25, -0.2) is 8.42 Å². The molecule has 292 valence electrons. The third-order valence-corrected chi connectivity index (χ3v) is 23.5. The zero-order chi connectivity index (χ0) is 38.9. The fraction of sp³-hybridized carbons (Fsp3) is 0.732. The summed E-state index contributed by atoms with van der Waals surface area (Å²) in [4.78, 5) is 14.2. The third-order valence-electron chi connectivity index (χ3n) is 11.9. The molecule has 0 aromatic heterocycles. The number of hydrogen-bond donors (Lipinski definition) is 0. The van der Waals surface area contributed by atoms with Gasteiger partial charge >= 0.3 is 5.97 Å². The molecule has 1 aromatic rings. The van der Waals surface area contributed by atoms with Crippen LogP contribution in [0.3, 0.4) is 0 Å². The Hall–Kier alpha value is -1.57. The van der Waals surface area contributed by atoms with Gasteiger partial charge in [-0.15, -0.1) is 0 Å². The average molecular weight is 764 g/mol. The maximum Gasteiger partial charge on any atom is 0.305 e. The van der Waals surface area contributed by atoms with E-state index in [9.17, 15) is 4.79 Å². The van der Waals surface area contributed by atoms with E-state index in [1.807, 2.05) is 44.4 Å². The van der Waals surface area contributed by atoms with Crippen LogP contribution in [0.2, 0.25) is 36.3 Å². The Kier molecular flexibility index (Phi) is 16.7. The molecule has 0 N–H and O–H groups in total. The second-order valence-electron chi connectivity index (χ2n) is 17.9. The number of ether oxygens (including phenoxy) is 1. The summed E-state index contributed by atoms with van der Waals surface area (Å²) in [6, 6.07) is 8.65.